The summed E-state index contributed by atoms with van der Waals surface area (Å²) in [4.78, 5) is 76.6. The van der Waals surface area contributed by atoms with E-state index in [1.165, 1.54) is 12.1 Å². The van der Waals surface area contributed by atoms with E-state index in [0.717, 1.165) is 55.3 Å². The number of piperazine rings is 1. The summed E-state index contributed by atoms with van der Waals surface area (Å²) >= 11 is 0. The van der Waals surface area contributed by atoms with Crippen LogP contribution >= 0.6 is 0 Å². The highest BCUT2D eigenvalue weighted by molar-refractivity contribution is 6.42. The summed E-state index contributed by atoms with van der Waals surface area (Å²) in [5, 5.41) is 5.68. The normalized spacial score (nSPS) is 18.4. The smallest absolute Gasteiger partial charge is 0.266 e. The quantitative estimate of drug-likeness (QED) is 0.152. The molecular weight excluding hydrogens is 660 g/mol. The van der Waals surface area contributed by atoms with Crippen LogP contribution < -0.4 is 25.2 Å². The fourth-order valence-electron chi connectivity index (χ4n) is 7.31. The summed E-state index contributed by atoms with van der Waals surface area (Å²) in [6.07, 6.45) is 7.36. The van der Waals surface area contributed by atoms with Crippen LogP contribution in [0.4, 0.5) is 17.1 Å². The van der Waals surface area contributed by atoms with E-state index in [-0.39, 0.29) is 33.6 Å². The molecular formula is C40H38N6O6. The van der Waals surface area contributed by atoms with Gasteiger partial charge in [0, 0.05) is 75.3 Å². The third-order valence-electron chi connectivity index (χ3n) is 10.3. The standard InChI is InChI=1S/C40H38N6O6/c1-43(2)24-9-12-32-31(19-24)38(49)42-37(41-32)34-35(47)27-21-29-30(22-28(27)36(34)48)40(51)46(39(29)50)33-20-25(10-11-26(33)23-7-4-5-8-23)52-18-6-13-45-16-14-44(3)15-17-45/h4-5,7,9-12,19-22,41H,6,8,13-18H2,1-3H3,(H,42,49). The Morgan fingerprint density at radius 2 is 1.48 bits per heavy atom. The van der Waals surface area contributed by atoms with E-state index in [4.69, 9.17) is 4.74 Å². The second kappa shape index (κ2) is 13.0. The molecule has 2 N–H and O–H groups in total. The van der Waals surface area contributed by atoms with Gasteiger partial charge in [0.1, 0.15) is 17.1 Å². The van der Waals surface area contributed by atoms with Gasteiger partial charge in [-0.1, -0.05) is 18.2 Å². The number of hydrogen-bond donors (Lipinski definition) is 2. The van der Waals surface area contributed by atoms with Crippen LogP contribution in [0.1, 0.15) is 70.2 Å². The number of nitrogens with one attached hydrogen (secondary N) is 2. The molecule has 12 heteroatoms. The van der Waals surface area contributed by atoms with Crippen molar-refractivity contribution in [3.63, 3.8) is 0 Å². The number of anilines is 3. The van der Waals surface area contributed by atoms with Gasteiger partial charge >= 0.3 is 0 Å². The summed E-state index contributed by atoms with van der Waals surface area (Å²) in [6.45, 7) is 5.54. The summed E-state index contributed by atoms with van der Waals surface area (Å²) in [5.41, 5.74) is 3.46. The number of carbonyl (C=O) groups excluding carboxylic acids is 5. The predicted molar refractivity (Wildman–Crippen MR) is 197 cm³/mol. The molecule has 52 heavy (non-hydrogen) atoms. The number of amides is 3. The van der Waals surface area contributed by atoms with Gasteiger partial charge in [-0.3, -0.25) is 24.0 Å². The first-order chi connectivity index (χ1) is 25.1. The Hall–Kier alpha value is -5.85. The molecule has 5 aliphatic rings. The molecule has 0 unspecified atom stereocenters. The second-order valence-corrected chi connectivity index (χ2v) is 13.9. The van der Waals surface area contributed by atoms with Gasteiger partial charge in [-0.2, -0.15) is 0 Å². The third kappa shape index (κ3) is 5.69. The van der Waals surface area contributed by atoms with Gasteiger partial charge < -0.3 is 30.1 Å². The Labute approximate surface area is 301 Å². The SMILES string of the molecule is CN1CCN(CCCOc2ccc(C3=CC=CC3)c(N3C(=O)c4cc5c(cc4C3=O)C(=O)C(=C3NC(=O)c4cc(N(C)C)ccc4N3)C5=O)c2)CC1. The summed E-state index contributed by atoms with van der Waals surface area (Å²) in [7, 11) is 5.84. The molecule has 12 nitrogen and oxygen atoms in total. The zero-order chi connectivity index (χ0) is 36.3. The minimum absolute atomic E-state index is 0.000546. The highest BCUT2D eigenvalue weighted by Gasteiger charge is 2.44. The molecule has 0 bridgehead atoms. The van der Waals surface area contributed by atoms with E-state index in [1.807, 2.05) is 55.4 Å². The van der Waals surface area contributed by atoms with Crippen molar-refractivity contribution in [1.82, 2.24) is 15.1 Å². The summed E-state index contributed by atoms with van der Waals surface area (Å²) in [6, 6.07) is 13.3. The monoisotopic (exact) mass is 698 g/mol. The second-order valence-electron chi connectivity index (χ2n) is 13.9. The molecule has 264 valence electrons. The van der Waals surface area contributed by atoms with Crippen molar-refractivity contribution in [1.29, 1.82) is 0 Å². The predicted octanol–water partition coefficient (Wildman–Crippen LogP) is 4.36. The molecule has 3 aliphatic heterocycles. The van der Waals surface area contributed by atoms with Gasteiger partial charge in [-0.15, -0.1) is 0 Å². The number of Topliss-reactive ketones (excluding diaryl/α,β-unsaturated/α-hetero) is 2. The average Bonchev–Trinajstić information content (AvgIpc) is 3.82. The van der Waals surface area contributed by atoms with Gasteiger partial charge in [-0.25, -0.2) is 4.90 Å². The number of fused-ring (bicyclic) bond motifs is 3. The Kier molecular flexibility index (Phi) is 8.35. The van der Waals surface area contributed by atoms with Crippen LogP contribution in [0.3, 0.4) is 0 Å². The average molecular weight is 699 g/mol. The van der Waals surface area contributed by atoms with Gasteiger partial charge in [0.25, 0.3) is 17.7 Å². The number of imide groups is 1. The van der Waals surface area contributed by atoms with Crippen LogP contribution in [0.5, 0.6) is 5.75 Å². The van der Waals surface area contributed by atoms with Crippen LogP contribution in [0.2, 0.25) is 0 Å². The first-order valence-corrected chi connectivity index (χ1v) is 17.4. The molecule has 0 spiro atoms. The number of ether oxygens (including phenoxy) is 1. The van der Waals surface area contributed by atoms with Crippen molar-refractivity contribution in [2.24, 2.45) is 0 Å². The zero-order valence-corrected chi connectivity index (χ0v) is 29.2. The fraction of sp³-hybridized carbons (Fsp3) is 0.275. The van der Waals surface area contributed by atoms with E-state index in [9.17, 15) is 24.0 Å². The fourth-order valence-corrected chi connectivity index (χ4v) is 7.31. The first kappa shape index (κ1) is 33.3. The number of rotatable bonds is 8. The lowest BCUT2D eigenvalue weighted by Gasteiger charge is -2.32. The van der Waals surface area contributed by atoms with Crippen molar-refractivity contribution in [3.05, 3.63) is 112 Å². The van der Waals surface area contributed by atoms with Crippen molar-refractivity contribution < 1.29 is 28.7 Å². The van der Waals surface area contributed by atoms with Crippen molar-refractivity contribution in [2.45, 2.75) is 12.8 Å². The van der Waals surface area contributed by atoms with Crippen LogP contribution in [0.25, 0.3) is 5.57 Å². The van der Waals surface area contributed by atoms with Gasteiger partial charge in [0.05, 0.1) is 34.7 Å². The number of allylic oxidation sites excluding steroid dienone is 5. The van der Waals surface area contributed by atoms with E-state index in [2.05, 4.69) is 27.5 Å². The zero-order valence-electron chi connectivity index (χ0n) is 29.2. The number of likely N-dealkylation sites (N-methyl/N-ethyl adjacent to an activating group) is 1. The number of nitrogens with zero attached hydrogens (tertiary/aromatic N) is 4. The maximum atomic E-state index is 14.1. The number of carbonyl (C=O) groups is 5. The highest BCUT2D eigenvalue weighted by Crippen LogP contribution is 2.41. The lowest BCUT2D eigenvalue weighted by atomic mass is 10.0. The molecule has 2 aliphatic carbocycles. The largest absolute Gasteiger partial charge is 0.493 e. The van der Waals surface area contributed by atoms with E-state index >= 15 is 0 Å². The number of benzene rings is 3. The molecule has 8 rings (SSSR count). The van der Waals surface area contributed by atoms with Crippen molar-refractivity contribution in [3.8, 4) is 5.75 Å². The van der Waals surface area contributed by atoms with Crippen LogP contribution in [0.15, 0.2) is 78.2 Å². The molecule has 0 saturated carbocycles. The molecule has 1 fully saturated rings. The topological polar surface area (TPSA) is 132 Å². The van der Waals surface area contributed by atoms with E-state index < -0.39 is 29.3 Å². The summed E-state index contributed by atoms with van der Waals surface area (Å²) < 4.78 is 6.14. The van der Waals surface area contributed by atoms with Crippen LogP contribution in [-0.2, 0) is 0 Å². The minimum Gasteiger partial charge on any atom is -0.493 e. The van der Waals surface area contributed by atoms with Crippen molar-refractivity contribution in [2.75, 3.05) is 75.6 Å². The molecule has 3 amide bonds. The van der Waals surface area contributed by atoms with Gasteiger partial charge in [0.2, 0.25) is 11.6 Å². The van der Waals surface area contributed by atoms with Crippen molar-refractivity contribution >= 4 is 51.9 Å². The first-order valence-electron chi connectivity index (χ1n) is 17.4. The summed E-state index contributed by atoms with van der Waals surface area (Å²) in [5.74, 6) is -2.46. The Morgan fingerprint density at radius 1 is 0.769 bits per heavy atom. The molecule has 3 heterocycles. The number of ketones is 2. The van der Waals surface area contributed by atoms with Crippen LogP contribution in [-0.4, -0.2) is 99.6 Å². The maximum Gasteiger partial charge on any atom is 0.266 e. The van der Waals surface area contributed by atoms with E-state index in [0.29, 0.717) is 41.3 Å². The minimum atomic E-state index is -0.646. The highest BCUT2D eigenvalue weighted by atomic mass is 16.5. The molecule has 1 saturated heterocycles. The lowest BCUT2D eigenvalue weighted by Crippen LogP contribution is -2.44. The molecule has 0 radical (unpaired) electrons. The molecule has 0 atom stereocenters. The lowest BCUT2D eigenvalue weighted by molar-refractivity contribution is 0.0920. The molecule has 0 aromatic heterocycles. The maximum absolute atomic E-state index is 14.1. The Balaban J connectivity index is 1.06. The van der Waals surface area contributed by atoms with Crippen LogP contribution in [0, 0.1) is 0 Å². The van der Waals surface area contributed by atoms with Gasteiger partial charge in [0.15, 0.2) is 0 Å². The third-order valence-corrected chi connectivity index (χ3v) is 10.3. The van der Waals surface area contributed by atoms with E-state index in [1.54, 1.807) is 18.2 Å². The Bertz CT molecular complexity index is 2130. The number of hydrogen-bond acceptors (Lipinski definition) is 10. The Morgan fingerprint density at radius 3 is 2.13 bits per heavy atom. The van der Waals surface area contributed by atoms with Gasteiger partial charge in [-0.05, 0) is 67.9 Å². The molecule has 3 aromatic rings. The molecule has 3 aromatic carbocycles.